The Kier molecular flexibility index (Phi) is 3.58. The first kappa shape index (κ1) is 10.4. The van der Waals surface area contributed by atoms with Crippen molar-refractivity contribution in [1.82, 2.24) is 10.6 Å². The summed E-state index contributed by atoms with van der Waals surface area (Å²) in [6.07, 6.45) is 6.02. The zero-order chi connectivity index (χ0) is 9.73. The summed E-state index contributed by atoms with van der Waals surface area (Å²) >= 11 is 0. The minimum Gasteiger partial charge on any atom is -0.338 e. The van der Waals surface area contributed by atoms with E-state index >= 15 is 0 Å². The van der Waals surface area contributed by atoms with Crippen molar-refractivity contribution in [2.24, 2.45) is 0 Å². The molecule has 3 nitrogen and oxygen atoms in total. The summed E-state index contributed by atoms with van der Waals surface area (Å²) in [6, 6.07) is -0.0214. The zero-order valence-electron chi connectivity index (χ0n) is 8.65. The van der Waals surface area contributed by atoms with Gasteiger partial charge >= 0.3 is 6.03 Å². The molecule has 1 aliphatic carbocycles. The predicted octanol–water partition coefficient (Wildman–Crippen LogP) is 2.03. The standard InChI is InChI=1S/C10H20N2O/c1-3-11-9(13)12-10(2)7-5-4-6-8-10/h3-8H2,1-2H3,(H2,11,12,13). The molecule has 0 heterocycles. The van der Waals surface area contributed by atoms with Crippen LogP contribution in [-0.2, 0) is 0 Å². The molecular formula is C10H20N2O. The van der Waals surface area contributed by atoms with Gasteiger partial charge in [-0.15, -0.1) is 0 Å². The molecular weight excluding hydrogens is 164 g/mol. The Labute approximate surface area is 80.3 Å². The van der Waals surface area contributed by atoms with Crippen molar-refractivity contribution in [3.63, 3.8) is 0 Å². The number of amides is 2. The van der Waals surface area contributed by atoms with E-state index in [2.05, 4.69) is 17.6 Å². The van der Waals surface area contributed by atoms with E-state index < -0.39 is 0 Å². The van der Waals surface area contributed by atoms with E-state index in [9.17, 15) is 4.79 Å². The molecule has 1 rings (SSSR count). The molecule has 0 saturated heterocycles. The van der Waals surface area contributed by atoms with Crippen LogP contribution in [0.15, 0.2) is 0 Å². The fourth-order valence-corrected chi connectivity index (χ4v) is 1.94. The van der Waals surface area contributed by atoms with Gasteiger partial charge in [0.25, 0.3) is 0 Å². The second kappa shape index (κ2) is 4.49. The Morgan fingerprint density at radius 3 is 2.46 bits per heavy atom. The van der Waals surface area contributed by atoms with Crippen molar-refractivity contribution in [1.29, 1.82) is 0 Å². The van der Waals surface area contributed by atoms with Crippen LogP contribution in [0.4, 0.5) is 4.79 Å². The Hall–Kier alpha value is -0.730. The summed E-state index contributed by atoms with van der Waals surface area (Å²) in [6.45, 7) is 4.77. The quantitative estimate of drug-likeness (QED) is 0.677. The molecule has 0 spiro atoms. The second-order valence-electron chi connectivity index (χ2n) is 4.11. The Morgan fingerprint density at radius 1 is 1.31 bits per heavy atom. The van der Waals surface area contributed by atoms with Crippen molar-refractivity contribution in [2.45, 2.75) is 51.5 Å². The van der Waals surface area contributed by atoms with Gasteiger partial charge in [0.05, 0.1) is 0 Å². The first-order valence-corrected chi connectivity index (χ1v) is 5.22. The SMILES string of the molecule is CCNC(=O)NC1(C)CCCCC1. The number of hydrogen-bond donors (Lipinski definition) is 2. The van der Waals surface area contributed by atoms with E-state index in [1.165, 1.54) is 19.3 Å². The molecule has 0 aromatic rings. The molecule has 0 aromatic heterocycles. The predicted molar refractivity (Wildman–Crippen MR) is 53.7 cm³/mol. The van der Waals surface area contributed by atoms with Crippen LogP contribution < -0.4 is 10.6 Å². The lowest BCUT2D eigenvalue weighted by Crippen LogP contribution is -2.51. The molecule has 2 N–H and O–H groups in total. The fraction of sp³-hybridized carbons (Fsp3) is 0.900. The Balaban J connectivity index is 2.36. The van der Waals surface area contributed by atoms with E-state index in [4.69, 9.17) is 0 Å². The van der Waals surface area contributed by atoms with Gasteiger partial charge in [-0.25, -0.2) is 4.79 Å². The average molecular weight is 184 g/mol. The molecule has 13 heavy (non-hydrogen) atoms. The minimum absolute atomic E-state index is 0.0214. The summed E-state index contributed by atoms with van der Waals surface area (Å²) < 4.78 is 0. The van der Waals surface area contributed by atoms with Gasteiger partial charge in [-0.1, -0.05) is 19.3 Å². The highest BCUT2D eigenvalue weighted by Gasteiger charge is 2.27. The van der Waals surface area contributed by atoms with E-state index in [0.717, 1.165) is 12.8 Å². The smallest absolute Gasteiger partial charge is 0.315 e. The van der Waals surface area contributed by atoms with Crippen LogP contribution in [0.1, 0.15) is 46.0 Å². The molecule has 0 unspecified atom stereocenters. The molecule has 0 radical (unpaired) electrons. The van der Waals surface area contributed by atoms with E-state index in [-0.39, 0.29) is 11.6 Å². The molecule has 1 saturated carbocycles. The molecule has 3 heteroatoms. The van der Waals surface area contributed by atoms with Crippen molar-refractivity contribution in [3.8, 4) is 0 Å². The van der Waals surface area contributed by atoms with Crippen LogP contribution in [-0.4, -0.2) is 18.1 Å². The highest BCUT2D eigenvalue weighted by Crippen LogP contribution is 2.27. The van der Waals surface area contributed by atoms with Crippen LogP contribution in [0.25, 0.3) is 0 Å². The van der Waals surface area contributed by atoms with Crippen molar-refractivity contribution in [3.05, 3.63) is 0 Å². The lowest BCUT2D eigenvalue weighted by Gasteiger charge is -2.34. The Morgan fingerprint density at radius 2 is 1.92 bits per heavy atom. The number of rotatable bonds is 2. The Bertz CT molecular complexity index is 174. The molecule has 2 amide bonds. The lowest BCUT2D eigenvalue weighted by atomic mass is 9.83. The molecule has 1 aliphatic rings. The van der Waals surface area contributed by atoms with Crippen molar-refractivity contribution < 1.29 is 4.79 Å². The van der Waals surface area contributed by atoms with Crippen LogP contribution in [0, 0.1) is 0 Å². The summed E-state index contributed by atoms with van der Waals surface area (Å²) in [7, 11) is 0. The number of carbonyl (C=O) groups is 1. The fourth-order valence-electron chi connectivity index (χ4n) is 1.94. The topological polar surface area (TPSA) is 41.1 Å². The summed E-state index contributed by atoms with van der Waals surface area (Å²) in [5, 5.41) is 5.81. The highest BCUT2D eigenvalue weighted by molar-refractivity contribution is 5.74. The van der Waals surface area contributed by atoms with Gasteiger partial charge < -0.3 is 10.6 Å². The first-order valence-electron chi connectivity index (χ1n) is 5.22. The third-order valence-corrected chi connectivity index (χ3v) is 2.71. The maximum Gasteiger partial charge on any atom is 0.315 e. The van der Waals surface area contributed by atoms with E-state index in [0.29, 0.717) is 6.54 Å². The number of urea groups is 1. The third-order valence-electron chi connectivity index (χ3n) is 2.71. The minimum atomic E-state index is -0.0214. The summed E-state index contributed by atoms with van der Waals surface area (Å²) in [5.74, 6) is 0. The number of nitrogens with one attached hydrogen (secondary N) is 2. The molecule has 0 atom stereocenters. The van der Waals surface area contributed by atoms with Crippen LogP contribution >= 0.6 is 0 Å². The van der Waals surface area contributed by atoms with Crippen molar-refractivity contribution >= 4 is 6.03 Å². The van der Waals surface area contributed by atoms with Crippen LogP contribution in [0.2, 0.25) is 0 Å². The summed E-state index contributed by atoms with van der Waals surface area (Å²) in [5.41, 5.74) is 0.0392. The number of hydrogen-bond acceptors (Lipinski definition) is 1. The van der Waals surface area contributed by atoms with Gasteiger partial charge in [0.15, 0.2) is 0 Å². The highest BCUT2D eigenvalue weighted by atomic mass is 16.2. The largest absolute Gasteiger partial charge is 0.338 e. The molecule has 0 bridgehead atoms. The van der Waals surface area contributed by atoms with E-state index in [1.54, 1.807) is 0 Å². The molecule has 76 valence electrons. The molecule has 1 fully saturated rings. The molecule has 0 aliphatic heterocycles. The molecule has 0 aromatic carbocycles. The normalized spacial score (nSPS) is 20.8. The van der Waals surface area contributed by atoms with Gasteiger partial charge in [-0.05, 0) is 26.7 Å². The third kappa shape index (κ3) is 3.25. The average Bonchev–Trinajstić information content (AvgIpc) is 2.04. The van der Waals surface area contributed by atoms with Crippen LogP contribution in [0.5, 0.6) is 0 Å². The van der Waals surface area contributed by atoms with Gasteiger partial charge in [0.2, 0.25) is 0 Å². The number of carbonyl (C=O) groups excluding carboxylic acids is 1. The van der Waals surface area contributed by atoms with Gasteiger partial charge in [0, 0.05) is 12.1 Å². The van der Waals surface area contributed by atoms with Crippen molar-refractivity contribution in [2.75, 3.05) is 6.54 Å². The van der Waals surface area contributed by atoms with Gasteiger partial charge in [-0.2, -0.15) is 0 Å². The monoisotopic (exact) mass is 184 g/mol. The van der Waals surface area contributed by atoms with E-state index in [1.807, 2.05) is 6.92 Å². The zero-order valence-corrected chi connectivity index (χ0v) is 8.65. The van der Waals surface area contributed by atoms with Crippen LogP contribution in [0.3, 0.4) is 0 Å². The van der Waals surface area contributed by atoms with Gasteiger partial charge in [0.1, 0.15) is 0 Å². The maximum atomic E-state index is 11.3. The van der Waals surface area contributed by atoms with Gasteiger partial charge in [-0.3, -0.25) is 0 Å². The second-order valence-corrected chi connectivity index (χ2v) is 4.11. The lowest BCUT2D eigenvalue weighted by molar-refractivity contribution is 0.211. The summed E-state index contributed by atoms with van der Waals surface area (Å²) in [4.78, 5) is 11.3. The first-order chi connectivity index (χ1) is 6.16. The maximum absolute atomic E-state index is 11.3.